The van der Waals surface area contributed by atoms with Crippen molar-refractivity contribution in [2.24, 2.45) is 5.73 Å². The van der Waals surface area contributed by atoms with E-state index in [1.54, 1.807) is 12.1 Å². The van der Waals surface area contributed by atoms with Gasteiger partial charge in [-0.2, -0.15) is 4.98 Å². The van der Waals surface area contributed by atoms with E-state index in [4.69, 9.17) is 10.3 Å². The molecule has 3 rings (SSSR count). The molecule has 0 spiro atoms. The van der Waals surface area contributed by atoms with E-state index in [9.17, 15) is 13.8 Å². The second kappa shape index (κ2) is 6.42. The maximum Gasteiger partial charge on any atom is 0.267 e. The predicted molar refractivity (Wildman–Crippen MR) is 88.8 cm³/mol. The van der Waals surface area contributed by atoms with Crippen LogP contribution in [0.3, 0.4) is 0 Å². The first kappa shape index (κ1) is 16.1. The first-order valence-electron chi connectivity index (χ1n) is 7.12. The number of rotatable bonds is 6. The van der Waals surface area contributed by atoms with Gasteiger partial charge in [-0.3, -0.25) is 14.6 Å². The first-order chi connectivity index (χ1) is 11.4. The normalized spacial score (nSPS) is 14.9. The molecule has 0 radical (unpaired) electrons. The van der Waals surface area contributed by atoms with Gasteiger partial charge >= 0.3 is 0 Å². The number of anilines is 3. The van der Waals surface area contributed by atoms with Crippen molar-refractivity contribution in [2.45, 2.75) is 23.8 Å². The Balaban J connectivity index is 1.90. The van der Waals surface area contributed by atoms with E-state index in [-0.39, 0.29) is 28.3 Å². The summed E-state index contributed by atoms with van der Waals surface area (Å²) < 4.78 is 19.9. The van der Waals surface area contributed by atoms with Crippen LogP contribution in [0.15, 0.2) is 34.0 Å². The molecular formula is C14H15N5O4S. The molecule has 6 N–H and O–H groups in total. The molecule has 0 aliphatic heterocycles. The minimum absolute atomic E-state index is 0.131. The van der Waals surface area contributed by atoms with Gasteiger partial charge in [-0.1, -0.05) is 0 Å². The fourth-order valence-corrected chi connectivity index (χ4v) is 2.45. The maximum absolute atomic E-state index is 12.1. The molecule has 0 bridgehead atoms. The lowest BCUT2D eigenvalue weighted by Gasteiger charge is -2.11. The summed E-state index contributed by atoms with van der Waals surface area (Å²) in [5, 5.41) is 5.88. The van der Waals surface area contributed by atoms with Gasteiger partial charge in [0.2, 0.25) is 5.95 Å². The second-order valence-electron chi connectivity index (χ2n) is 5.32. The van der Waals surface area contributed by atoms with E-state index in [1.807, 2.05) is 0 Å². The van der Waals surface area contributed by atoms with Crippen LogP contribution in [0.1, 0.15) is 23.2 Å². The van der Waals surface area contributed by atoms with E-state index in [2.05, 4.69) is 20.6 Å². The Morgan fingerprint density at radius 3 is 2.54 bits per heavy atom. The van der Waals surface area contributed by atoms with Crippen LogP contribution in [0.5, 0.6) is 0 Å². The van der Waals surface area contributed by atoms with Gasteiger partial charge in [0.1, 0.15) is 11.4 Å². The highest BCUT2D eigenvalue weighted by atomic mass is 32.2. The summed E-state index contributed by atoms with van der Waals surface area (Å²) in [5.74, 6) is -0.580. The summed E-state index contributed by atoms with van der Waals surface area (Å²) in [5.41, 5.74) is 4.95. The van der Waals surface area contributed by atoms with Crippen molar-refractivity contribution in [3.05, 3.63) is 40.2 Å². The molecule has 2 aromatic rings. The molecule has 1 aromatic heterocycles. The Morgan fingerprint density at radius 1 is 1.33 bits per heavy atom. The summed E-state index contributed by atoms with van der Waals surface area (Å²) in [6.45, 7) is 0. The number of H-pyrrole nitrogens is 1. The number of carbonyl (C=O) groups is 1. The van der Waals surface area contributed by atoms with Crippen LogP contribution in [-0.2, 0) is 11.1 Å². The minimum atomic E-state index is -2.06. The summed E-state index contributed by atoms with van der Waals surface area (Å²) in [7, 11) is 0. The summed E-state index contributed by atoms with van der Waals surface area (Å²) in [6.07, 6.45) is 1.88. The molecule has 1 aromatic carbocycles. The molecule has 1 atom stereocenters. The lowest BCUT2D eigenvalue weighted by Crippen LogP contribution is -2.28. The number of hydrogen-bond donors (Lipinski definition) is 5. The molecule has 1 aliphatic carbocycles. The van der Waals surface area contributed by atoms with E-state index >= 15 is 0 Å². The topological polar surface area (TPSA) is 150 Å². The van der Waals surface area contributed by atoms with Crippen LogP contribution < -0.4 is 21.9 Å². The number of benzene rings is 1. The number of hydrogen-bond acceptors (Lipinski definition) is 6. The zero-order chi connectivity index (χ0) is 17.3. The number of aromatic nitrogens is 2. The molecule has 1 aliphatic rings. The molecule has 1 unspecified atom stereocenters. The number of nitrogens with one attached hydrogen (secondary N) is 3. The fourth-order valence-electron chi connectivity index (χ4n) is 2.08. The zero-order valence-corrected chi connectivity index (χ0v) is 13.2. The highest BCUT2D eigenvalue weighted by molar-refractivity contribution is 7.79. The van der Waals surface area contributed by atoms with Crippen molar-refractivity contribution in [3.8, 4) is 0 Å². The Bertz CT molecular complexity index is 860. The molecule has 9 nitrogen and oxygen atoms in total. The molecule has 1 saturated carbocycles. The van der Waals surface area contributed by atoms with Gasteiger partial charge in [0.15, 0.2) is 11.1 Å². The third-order valence-electron chi connectivity index (χ3n) is 3.40. The van der Waals surface area contributed by atoms with Crippen molar-refractivity contribution in [3.63, 3.8) is 0 Å². The van der Waals surface area contributed by atoms with E-state index in [1.165, 1.54) is 12.1 Å². The molecule has 0 saturated heterocycles. The standard InChI is InChI=1S/C14H15N5O4S/c15-11(20)10-12(16-7-1-2-7)18-14(19-13(10)21)17-8-3-5-9(6-4-8)24(22)23/h3-7H,1-2H2,(H2,15,20)(H,22,23)(H3,16,17,18,19,21). The molecule has 10 heteroatoms. The summed E-state index contributed by atoms with van der Waals surface area (Å²) >= 11 is -2.06. The lowest BCUT2D eigenvalue weighted by molar-refractivity contribution is 0.0999. The number of nitrogens with zero attached hydrogens (tertiary/aromatic N) is 1. The Morgan fingerprint density at radius 2 is 2.00 bits per heavy atom. The van der Waals surface area contributed by atoms with Gasteiger partial charge < -0.3 is 20.9 Å². The SMILES string of the molecule is NC(=O)c1c(NC2CC2)nc(Nc2ccc(S(=O)O)cc2)[nH]c1=O. The molecular weight excluding hydrogens is 334 g/mol. The molecule has 24 heavy (non-hydrogen) atoms. The van der Waals surface area contributed by atoms with E-state index in [0.29, 0.717) is 5.69 Å². The van der Waals surface area contributed by atoms with Crippen molar-refractivity contribution in [1.82, 2.24) is 9.97 Å². The zero-order valence-electron chi connectivity index (χ0n) is 12.4. The van der Waals surface area contributed by atoms with Gasteiger partial charge in [-0.05, 0) is 37.1 Å². The monoisotopic (exact) mass is 349 g/mol. The Kier molecular flexibility index (Phi) is 4.32. The fraction of sp³-hybridized carbons (Fsp3) is 0.214. The number of aromatic amines is 1. The van der Waals surface area contributed by atoms with Gasteiger partial charge in [0.25, 0.3) is 11.5 Å². The van der Waals surface area contributed by atoms with Gasteiger partial charge in [0.05, 0.1) is 4.90 Å². The summed E-state index contributed by atoms with van der Waals surface area (Å²) in [4.78, 5) is 30.5. The quantitative estimate of drug-likeness (QED) is 0.483. The minimum Gasteiger partial charge on any atom is -0.366 e. The van der Waals surface area contributed by atoms with Crippen LogP contribution in [0.2, 0.25) is 0 Å². The number of primary amides is 1. The molecule has 1 fully saturated rings. The molecule has 1 heterocycles. The number of nitrogens with two attached hydrogens (primary N) is 1. The highest BCUT2D eigenvalue weighted by Crippen LogP contribution is 2.25. The molecule has 1 amide bonds. The Hall–Kier alpha value is -2.72. The van der Waals surface area contributed by atoms with Gasteiger partial charge in [-0.15, -0.1) is 0 Å². The van der Waals surface area contributed by atoms with Crippen LogP contribution in [0.25, 0.3) is 0 Å². The third-order valence-corrected chi connectivity index (χ3v) is 4.08. The number of carbonyl (C=O) groups excluding carboxylic acids is 1. The van der Waals surface area contributed by atoms with Crippen molar-refractivity contribution >= 4 is 34.4 Å². The molecule has 126 valence electrons. The number of amides is 1. The average molecular weight is 349 g/mol. The largest absolute Gasteiger partial charge is 0.366 e. The third kappa shape index (κ3) is 3.60. The van der Waals surface area contributed by atoms with E-state index in [0.717, 1.165) is 12.8 Å². The summed E-state index contributed by atoms with van der Waals surface area (Å²) in [6, 6.07) is 6.26. The highest BCUT2D eigenvalue weighted by Gasteiger charge is 2.25. The van der Waals surface area contributed by atoms with Crippen LogP contribution in [-0.4, -0.2) is 30.7 Å². The van der Waals surface area contributed by atoms with Crippen LogP contribution in [0, 0.1) is 0 Å². The van der Waals surface area contributed by atoms with Crippen molar-refractivity contribution in [1.29, 1.82) is 0 Å². The van der Waals surface area contributed by atoms with Gasteiger partial charge in [0, 0.05) is 11.7 Å². The average Bonchev–Trinajstić information content (AvgIpc) is 3.31. The predicted octanol–water partition coefficient (Wildman–Crippen LogP) is 0.767. The Labute approximate surface area is 139 Å². The second-order valence-corrected chi connectivity index (χ2v) is 6.29. The van der Waals surface area contributed by atoms with E-state index < -0.39 is 22.5 Å². The first-order valence-corrected chi connectivity index (χ1v) is 8.23. The van der Waals surface area contributed by atoms with Crippen LogP contribution >= 0.6 is 0 Å². The smallest absolute Gasteiger partial charge is 0.267 e. The maximum atomic E-state index is 12.1. The van der Waals surface area contributed by atoms with Crippen LogP contribution in [0.4, 0.5) is 17.5 Å². The van der Waals surface area contributed by atoms with Crippen molar-refractivity contribution in [2.75, 3.05) is 10.6 Å². The lowest BCUT2D eigenvalue weighted by atomic mass is 10.3. The van der Waals surface area contributed by atoms with Gasteiger partial charge in [-0.25, -0.2) is 4.21 Å². The van der Waals surface area contributed by atoms with Crippen molar-refractivity contribution < 1.29 is 13.6 Å².